The highest BCUT2D eigenvalue weighted by molar-refractivity contribution is 9.11. The van der Waals surface area contributed by atoms with Crippen LogP contribution in [-0.2, 0) is 16.1 Å². The van der Waals surface area contributed by atoms with Crippen LogP contribution in [0.25, 0.3) is 6.08 Å². The van der Waals surface area contributed by atoms with Gasteiger partial charge in [0, 0.05) is 0 Å². The first-order valence-electron chi connectivity index (χ1n) is 8.42. The summed E-state index contributed by atoms with van der Waals surface area (Å²) >= 11 is 8.45. The zero-order valence-corrected chi connectivity index (χ0v) is 18.7. The van der Waals surface area contributed by atoms with Gasteiger partial charge in [-0.2, -0.15) is 0 Å². The highest BCUT2D eigenvalue weighted by Gasteiger charge is 2.25. The number of esters is 1. The lowest BCUT2D eigenvalue weighted by molar-refractivity contribution is -0.129. The zero-order chi connectivity index (χ0) is 20.4. The van der Waals surface area contributed by atoms with Crippen molar-refractivity contribution >= 4 is 61.1 Å². The molecule has 3 aromatic rings. The fourth-order valence-electron chi connectivity index (χ4n) is 2.61. The first-order chi connectivity index (χ1) is 14.0. The van der Waals surface area contributed by atoms with Crippen molar-refractivity contribution in [3.8, 4) is 5.75 Å². The molecule has 0 fully saturated rings. The molecular weight excluding hydrogens is 525 g/mol. The number of cyclic esters (lactones) is 1. The number of carbonyl (C=O) groups is 1. The molecule has 0 bridgehead atoms. The summed E-state index contributed by atoms with van der Waals surface area (Å²) in [6.45, 7) is 0.290. The molecule has 0 atom stereocenters. The molecule has 0 saturated heterocycles. The number of thiophene rings is 1. The molecule has 4 nitrogen and oxygen atoms in total. The Balaban J connectivity index is 1.54. The number of aliphatic imine (C=N–C) groups is 1. The molecule has 2 heterocycles. The van der Waals surface area contributed by atoms with Gasteiger partial charge in [-0.25, -0.2) is 14.2 Å². The maximum Gasteiger partial charge on any atom is 0.363 e. The predicted molar refractivity (Wildman–Crippen MR) is 117 cm³/mol. The van der Waals surface area contributed by atoms with E-state index in [4.69, 9.17) is 9.47 Å². The van der Waals surface area contributed by atoms with Crippen molar-refractivity contribution < 1.29 is 18.7 Å². The number of ether oxygens (including phenoxy) is 2. The molecule has 1 aliphatic rings. The van der Waals surface area contributed by atoms with Crippen LogP contribution in [0.1, 0.15) is 16.0 Å². The number of carbonyl (C=O) groups excluding carboxylic acids is 1. The zero-order valence-electron chi connectivity index (χ0n) is 14.7. The van der Waals surface area contributed by atoms with Crippen molar-refractivity contribution in [3.05, 3.63) is 90.4 Å². The molecule has 0 unspecified atom stereocenters. The van der Waals surface area contributed by atoms with Crippen molar-refractivity contribution in [1.82, 2.24) is 0 Å². The van der Waals surface area contributed by atoms with Gasteiger partial charge in [-0.1, -0.05) is 18.2 Å². The molecular formula is C21H12Br2FNO3S. The minimum absolute atomic E-state index is 0.229. The standard InChI is InChI=1S/C21H12Br2FNO3S/c22-15-8-13(10-17-21(26)28-20(25-17)18-2-1-7-29-18)9-16(23)19(15)27-11-12-3-5-14(24)6-4-12/h1-10H,11H2/b17-10-. The van der Waals surface area contributed by atoms with E-state index in [1.807, 2.05) is 29.6 Å². The minimum Gasteiger partial charge on any atom is -0.487 e. The van der Waals surface area contributed by atoms with Crippen LogP contribution in [0.3, 0.4) is 0 Å². The fraction of sp³-hybridized carbons (Fsp3) is 0.0476. The lowest BCUT2D eigenvalue weighted by Gasteiger charge is -2.11. The first kappa shape index (κ1) is 20.0. The van der Waals surface area contributed by atoms with Gasteiger partial charge in [-0.15, -0.1) is 11.3 Å². The molecule has 146 valence electrons. The van der Waals surface area contributed by atoms with Crippen molar-refractivity contribution in [3.63, 3.8) is 0 Å². The summed E-state index contributed by atoms with van der Waals surface area (Å²) in [4.78, 5) is 17.2. The Hall–Kier alpha value is -2.29. The lowest BCUT2D eigenvalue weighted by atomic mass is 10.2. The molecule has 1 aromatic heterocycles. The Morgan fingerprint density at radius 2 is 1.86 bits per heavy atom. The summed E-state index contributed by atoms with van der Waals surface area (Å²) in [6.07, 6.45) is 1.65. The van der Waals surface area contributed by atoms with E-state index in [0.717, 1.165) is 16.0 Å². The van der Waals surface area contributed by atoms with E-state index in [-0.39, 0.29) is 11.5 Å². The number of benzene rings is 2. The molecule has 0 N–H and O–H groups in total. The molecule has 0 aliphatic carbocycles. The lowest BCUT2D eigenvalue weighted by Crippen LogP contribution is -2.03. The topological polar surface area (TPSA) is 47.9 Å². The quantitative estimate of drug-likeness (QED) is 0.282. The van der Waals surface area contributed by atoms with Crippen LogP contribution in [0.15, 0.2) is 73.5 Å². The molecule has 0 radical (unpaired) electrons. The largest absolute Gasteiger partial charge is 0.487 e. The third-order valence-electron chi connectivity index (χ3n) is 3.97. The Bertz CT molecular complexity index is 1100. The number of nitrogens with zero attached hydrogens (tertiary/aromatic N) is 1. The normalized spacial score (nSPS) is 14.8. The second-order valence-electron chi connectivity index (χ2n) is 6.04. The molecule has 2 aromatic carbocycles. The Morgan fingerprint density at radius 1 is 1.14 bits per heavy atom. The van der Waals surface area contributed by atoms with Crippen molar-refractivity contribution in [2.75, 3.05) is 0 Å². The van der Waals surface area contributed by atoms with Gasteiger partial charge in [0.1, 0.15) is 18.2 Å². The number of halogens is 3. The maximum atomic E-state index is 13.0. The van der Waals surface area contributed by atoms with E-state index in [1.165, 1.54) is 23.5 Å². The second-order valence-corrected chi connectivity index (χ2v) is 8.70. The van der Waals surface area contributed by atoms with Crippen LogP contribution < -0.4 is 4.74 Å². The van der Waals surface area contributed by atoms with E-state index in [2.05, 4.69) is 36.9 Å². The van der Waals surface area contributed by atoms with Crippen molar-refractivity contribution in [2.45, 2.75) is 6.61 Å². The maximum absolute atomic E-state index is 13.0. The molecule has 1 aliphatic heterocycles. The van der Waals surface area contributed by atoms with Gasteiger partial charge < -0.3 is 9.47 Å². The third-order valence-corrected chi connectivity index (χ3v) is 6.01. The van der Waals surface area contributed by atoms with Gasteiger partial charge in [0.15, 0.2) is 5.70 Å². The van der Waals surface area contributed by atoms with E-state index in [1.54, 1.807) is 18.2 Å². The number of hydrogen-bond donors (Lipinski definition) is 0. The smallest absolute Gasteiger partial charge is 0.363 e. The first-order valence-corrected chi connectivity index (χ1v) is 10.9. The van der Waals surface area contributed by atoms with E-state index in [0.29, 0.717) is 27.2 Å². The third kappa shape index (κ3) is 4.66. The molecule has 0 amide bonds. The molecule has 29 heavy (non-hydrogen) atoms. The number of hydrogen-bond acceptors (Lipinski definition) is 5. The summed E-state index contributed by atoms with van der Waals surface area (Å²) in [5.41, 5.74) is 1.83. The van der Waals surface area contributed by atoms with Crippen LogP contribution >= 0.6 is 43.2 Å². The molecule has 8 heteroatoms. The summed E-state index contributed by atoms with van der Waals surface area (Å²) < 4.78 is 25.5. The van der Waals surface area contributed by atoms with Crippen LogP contribution in [0.2, 0.25) is 0 Å². The van der Waals surface area contributed by atoms with Crippen molar-refractivity contribution in [1.29, 1.82) is 0 Å². The average Bonchev–Trinajstić information content (AvgIpc) is 3.33. The van der Waals surface area contributed by atoms with Gasteiger partial charge >= 0.3 is 5.97 Å². The van der Waals surface area contributed by atoms with E-state index >= 15 is 0 Å². The summed E-state index contributed by atoms with van der Waals surface area (Å²) in [7, 11) is 0. The molecule has 0 spiro atoms. The number of rotatable bonds is 5. The van der Waals surface area contributed by atoms with Gasteiger partial charge in [-0.05, 0) is 84.8 Å². The monoisotopic (exact) mass is 535 g/mol. The van der Waals surface area contributed by atoms with Crippen molar-refractivity contribution in [2.24, 2.45) is 4.99 Å². The van der Waals surface area contributed by atoms with Crippen LogP contribution in [0, 0.1) is 5.82 Å². The fourth-order valence-corrected chi connectivity index (χ4v) is 4.71. The van der Waals surface area contributed by atoms with E-state index < -0.39 is 5.97 Å². The second kappa shape index (κ2) is 8.61. The van der Waals surface area contributed by atoms with Crippen LogP contribution in [0.4, 0.5) is 4.39 Å². The molecule has 4 rings (SSSR count). The Labute approximate surface area is 186 Å². The van der Waals surface area contributed by atoms with Gasteiger partial charge in [0.25, 0.3) is 0 Å². The molecule has 0 saturated carbocycles. The van der Waals surface area contributed by atoms with E-state index in [9.17, 15) is 9.18 Å². The highest BCUT2D eigenvalue weighted by atomic mass is 79.9. The Kier molecular flexibility index (Phi) is 5.94. The highest BCUT2D eigenvalue weighted by Crippen LogP contribution is 2.36. The summed E-state index contributed by atoms with van der Waals surface area (Å²) in [5.74, 6) is 0.142. The average molecular weight is 537 g/mol. The Morgan fingerprint density at radius 3 is 2.52 bits per heavy atom. The van der Waals surface area contributed by atoms with Gasteiger partial charge in [0.2, 0.25) is 5.90 Å². The summed E-state index contributed by atoms with van der Waals surface area (Å²) in [6, 6.07) is 13.5. The SMILES string of the molecule is O=C1OC(c2cccs2)=N/C1=C\c1cc(Br)c(OCc2ccc(F)cc2)c(Br)c1. The van der Waals surface area contributed by atoms with Crippen LogP contribution in [0.5, 0.6) is 5.75 Å². The minimum atomic E-state index is -0.489. The van der Waals surface area contributed by atoms with Gasteiger partial charge in [0.05, 0.1) is 13.8 Å². The van der Waals surface area contributed by atoms with Crippen LogP contribution in [-0.4, -0.2) is 11.9 Å². The summed E-state index contributed by atoms with van der Waals surface area (Å²) in [5, 5.41) is 1.90. The van der Waals surface area contributed by atoms with Gasteiger partial charge in [-0.3, -0.25) is 0 Å². The predicted octanol–water partition coefficient (Wildman–Crippen LogP) is 6.34.